The maximum Gasteiger partial charge on any atom is 0.0897 e. The molecule has 0 fully saturated rings. The maximum atomic E-state index is 4.24. The molecule has 0 saturated carbocycles. The van der Waals surface area contributed by atoms with Crippen molar-refractivity contribution in [2.45, 2.75) is 52.6 Å². The van der Waals surface area contributed by atoms with Gasteiger partial charge in [-0.3, -0.25) is 0 Å². The van der Waals surface area contributed by atoms with E-state index in [-0.39, 0.29) is 0 Å². The molecule has 0 bridgehead atoms. The zero-order valence-electron chi connectivity index (χ0n) is 9.34. The molecule has 0 aliphatic rings. The SMILES string of the molecule is CCCCC(C)NCc1cnc(C)s1. The van der Waals surface area contributed by atoms with Crippen molar-refractivity contribution in [3.8, 4) is 0 Å². The van der Waals surface area contributed by atoms with E-state index in [9.17, 15) is 0 Å². The molecule has 3 heteroatoms. The van der Waals surface area contributed by atoms with Gasteiger partial charge in [0.25, 0.3) is 0 Å². The average molecular weight is 212 g/mol. The van der Waals surface area contributed by atoms with Gasteiger partial charge in [0.15, 0.2) is 0 Å². The van der Waals surface area contributed by atoms with E-state index in [2.05, 4.69) is 31.1 Å². The number of unbranched alkanes of at least 4 members (excludes halogenated alkanes) is 1. The van der Waals surface area contributed by atoms with Crippen LogP contribution in [0.2, 0.25) is 0 Å². The monoisotopic (exact) mass is 212 g/mol. The van der Waals surface area contributed by atoms with Gasteiger partial charge in [0, 0.05) is 23.7 Å². The molecule has 1 N–H and O–H groups in total. The van der Waals surface area contributed by atoms with Crippen LogP contribution in [0.1, 0.15) is 43.0 Å². The summed E-state index contributed by atoms with van der Waals surface area (Å²) >= 11 is 1.78. The van der Waals surface area contributed by atoms with E-state index < -0.39 is 0 Å². The molecular formula is C11H20N2S. The lowest BCUT2D eigenvalue weighted by atomic mass is 10.1. The van der Waals surface area contributed by atoms with E-state index in [1.807, 2.05) is 6.20 Å². The molecule has 1 heterocycles. The van der Waals surface area contributed by atoms with Gasteiger partial charge in [0.05, 0.1) is 5.01 Å². The van der Waals surface area contributed by atoms with E-state index in [0.717, 1.165) is 11.6 Å². The van der Waals surface area contributed by atoms with Crippen LogP contribution in [0, 0.1) is 6.92 Å². The quantitative estimate of drug-likeness (QED) is 0.783. The van der Waals surface area contributed by atoms with Crippen molar-refractivity contribution < 1.29 is 0 Å². The van der Waals surface area contributed by atoms with Gasteiger partial charge >= 0.3 is 0 Å². The first-order valence-corrected chi connectivity index (χ1v) is 6.18. The highest BCUT2D eigenvalue weighted by atomic mass is 32.1. The first-order valence-electron chi connectivity index (χ1n) is 5.37. The summed E-state index contributed by atoms with van der Waals surface area (Å²) in [5, 5.41) is 4.67. The molecule has 0 aliphatic heterocycles. The molecule has 14 heavy (non-hydrogen) atoms. The Kier molecular flexibility index (Phi) is 5.12. The van der Waals surface area contributed by atoms with Crippen molar-refractivity contribution in [2.75, 3.05) is 0 Å². The average Bonchev–Trinajstić information content (AvgIpc) is 2.58. The number of nitrogens with one attached hydrogen (secondary N) is 1. The predicted molar refractivity (Wildman–Crippen MR) is 62.7 cm³/mol. The van der Waals surface area contributed by atoms with Gasteiger partial charge in [0.1, 0.15) is 0 Å². The van der Waals surface area contributed by atoms with E-state index in [1.54, 1.807) is 11.3 Å². The zero-order chi connectivity index (χ0) is 10.4. The van der Waals surface area contributed by atoms with Crippen LogP contribution in [-0.2, 0) is 6.54 Å². The Morgan fingerprint density at radius 3 is 2.93 bits per heavy atom. The first kappa shape index (κ1) is 11.7. The standard InChI is InChI=1S/C11H20N2S/c1-4-5-6-9(2)12-7-11-8-13-10(3)14-11/h8-9,12H,4-7H2,1-3H3. The van der Waals surface area contributed by atoms with E-state index in [4.69, 9.17) is 0 Å². The fourth-order valence-electron chi connectivity index (χ4n) is 1.37. The second-order valence-corrected chi connectivity index (χ2v) is 5.09. The van der Waals surface area contributed by atoms with Crippen LogP contribution in [-0.4, -0.2) is 11.0 Å². The molecule has 2 nitrogen and oxygen atoms in total. The van der Waals surface area contributed by atoms with Crippen molar-refractivity contribution in [1.82, 2.24) is 10.3 Å². The molecule has 1 atom stereocenters. The van der Waals surface area contributed by atoms with Gasteiger partial charge in [-0.15, -0.1) is 11.3 Å². The summed E-state index contributed by atoms with van der Waals surface area (Å²) in [6.07, 6.45) is 5.84. The molecular weight excluding hydrogens is 192 g/mol. The molecule has 0 aromatic carbocycles. The topological polar surface area (TPSA) is 24.9 Å². The number of thiazole rings is 1. The van der Waals surface area contributed by atoms with E-state index in [1.165, 1.54) is 24.1 Å². The molecule has 0 saturated heterocycles. The van der Waals surface area contributed by atoms with E-state index in [0.29, 0.717) is 6.04 Å². The molecule has 0 amide bonds. The van der Waals surface area contributed by atoms with Crippen molar-refractivity contribution in [3.05, 3.63) is 16.1 Å². The molecule has 0 aliphatic carbocycles. The van der Waals surface area contributed by atoms with Gasteiger partial charge in [-0.1, -0.05) is 19.8 Å². The van der Waals surface area contributed by atoms with E-state index >= 15 is 0 Å². The number of aromatic nitrogens is 1. The third kappa shape index (κ3) is 4.20. The minimum Gasteiger partial charge on any atom is -0.309 e. The van der Waals surface area contributed by atoms with Gasteiger partial charge < -0.3 is 5.32 Å². The third-order valence-corrected chi connectivity index (χ3v) is 3.20. The summed E-state index contributed by atoms with van der Waals surface area (Å²) in [6.45, 7) is 7.51. The fraction of sp³-hybridized carbons (Fsp3) is 0.727. The van der Waals surface area contributed by atoms with Gasteiger partial charge in [-0.25, -0.2) is 4.98 Å². The van der Waals surface area contributed by atoms with Crippen LogP contribution in [0.15, 0.2) is 6.20 Å². The molecule has 1 aromatic heterocycles. The highest BCUT2D eigenvalue weighted by molar-refractivity contribution is 7.11. The molecule has 1 rings (SSSR count). The Morgan fingerprint density at radius 1 is 1.57 bits per heavy atom. The van der Waals surface area contributed by atoms with Crippen LogP contribution in [0.5, 0.6) is 0 Å². The summed E-state index contributed by atoms with van der Waals surface area (Å²) in [5.74, 6) is 0. The minimum atomic E-state index is 0.623. The summed E-state index contributed by atoms with van der Waals surface area (Å²) in [5.41, 5.74) is 0. The Balaban J connectivity index is 2.20. The lowest BCUT2D eigenvalue weighted by molar-refractivity contribution is 0.497. The second kappa shape index (κ2) is 6.14. The largest absolute Gasteiger partial charge is 0.309 e. The van der Waals surface area contributed by atoms with Crippen molar-refractivity contribution in [3.63, 3.8) is 0 Å². The van der Waals surface area contributed by atoms with Crippen LogP contribution in [0.4, 0.5) is 0 Å². The van der Waals surface area contributed by atoms with Gasteiger partial charge in [-0.05, 0) is 20.3 Å². The summed E-state index contributed by atoms with van der Waals surface area (Å²) < 4.78 is 0. The Morgan fingerprint density at radius 2 is 2.36 bits per heavy atom. The number of aryl methyl sites for hydroxylation is 1. The summed E-state index contributed by atoms with van der Waals surface area (Å²) in [7, 11) is 0. The highest BCUT2D eigenvalue weighted by Crippen LogP contribution is 2.11. The number of rotatable bonds is 6. The first-order chi connectivity index (χ1) is 6.72. The summed E-state index contributed by atoms with van der Waals surface area (Å²) in [4.78, 5) is 5.57. The Bertz CT molecular complexity index is 258. The lowest BCUT2D eigenvalue weighted by Gasteiger charge is -2.11. The molecule has 0 spiro atoms. The normalized spacial score (nSPS) is 13.1. The van der Waals surface area contributed by atoms with Crippen molar-refractivity contribution in [2.24, 2.45) is 0 Å². The smallest absolute Gasteiger partial charge is 0.0897 e. The molecule has 80 valence electrons. The van der Waals surface area contributed by atoms with Gasteiger partial charge in [0.2, 0.25) is 0 Å². The number of hydrogen-bond donors (Lipinski definition) is 1. The van der Waals surface area contributed by atoms with Gasteiger partial charge in [-0.2, -0.15) is 0 Å². The zero-order valence-corrected chi connectivity index (χ0v) is 10.2. The van der Waals surface area contributed by atoms with Crippen molar-refractivity contribution >= 4 is 11.3 Å². The van der Waals surface area contributed by atoms with Crippen LogP contribution in [0.25, 0.3) is 0 Å². The third-order valence-electron chi connectivity index (χ3n) is 2.28. The second-order valence-electron chi connectivity index (χ2n) is 3.77. The summed E-state index contributed by atoms with van der Waals surface area (Å²) in [6, 6.07) is 0.623. The number of nitrogens with zero attached hydrogens (tertiary/aromatic N) is 1. The highest BCUT2D eigenvalue weighted by Gasteiger charge is 2.02. The fourth-order valence-corrected chi connectivity index (χ4v) is 2.12. The molecule has 1 aromatic rings. The predicted octanol–water partition coefficient (Wildman–Crippen LogP) is 3.12. The lowest BCUT2D eigenvalue weighted by Crippen LogP contribution is -2.24. The Labute approximate surface area is 90.8 Å². The molecule has 0 radical (unpaired) electrons. The van der Waals surface area contributed by atoms with Crippen LogP contribution >= 0.6 is 11.3 Å². The molecule has 1 unspecified atom stereocenters. The van der Waals surface area contributed by atoms with Crippen LogP contribution < -0.4 is 5.32 Å². The maximum absolute atomic E-state index is 4.24. The minimum absolute atomic E-state index is 0.623. The van der Waals surface area contributed by atoms with Crippen molar-refractivity contribution in [1.29, 1.82) is 0 Å². The Hall–Kier alpha value is -0.410. The number of hydrogen-bond acceptors (Lipinski definition) is 3. The van der Waals surface area contributed by atoms with Crippen LogP contribution in [0.3, 0.4) is 0 Å².